The first-order valence-electron chi connectivity index (χ1n) is 19.2. The van der Waals surface area contributed by atoms with Gasteiger partial charge in [0, 0.05) is 67.3 Å². The summed E-state index contributed by atoms with van der Waals surface area (Å²) in [5.74, 6) is 1.98. The van der Waals surface area contributed by atoms with E-state index < -0.39 is 15.6 Å². The maximum absolute atomic E-state index is 11.0. The number of nitrogens with two attached hydrogens (primary N) is 1. The van der Waals surface area contributed by atoms with E-state index in [2.05, 4.69) is 163 Å². The lowest BCUT2D eigenvalue weighted by Crippen LogP contribution is -2.58. The molecule has 4 rings (SSSR count). The third-order valence-corrected chi connectivity index (χ3v) is 9.94. The Kier molecular flexibility index (Phi) is 43.5. The standard InChI is InChI=1S/C11H14.C9H17IO.C9H20N2O3S.C5H10.C4H11NO.C4H8O.3CH4.I2/c1-3-10(2)9-11-7-5-4-6-8-11;1-7-4-5-9(2,3)11-8(7)6-10;1-7-8(5-11-15(4,12)13)14-9(2,3)6-10-7;1-4-5(2)3;1-4(2,6)3-5;1-4(2)3-5-4;;;;1-2/h3-8,10H,1,9H2,2H3;7-8H,4-6H2,1-3H3;7-8,10-11H,5-6H2,1-4H3;4-5H,1H2,2-3H3;6H,3,5H2,1-2H3;3H2,1-2H3;3*1H4;. The molecule has 0 bridgehead atoms. The van der Waals surface area contributed by atoms with Gasteiger partial charge in [0.05, 0.1) is 47.5 Å². The van der Waals surface area contributed by atoms with Crippen LogP contribution in [0.25, 0.3) is 0 Å². The Bertz CT molecular complexity index is 1220. The predicted octanol–water partition coefficient (Wildman–Crippen LogP) is 11.8. The number of halogens is 3. The molecule has 5 unspecified atom stereocenters. The zero-order chi connectivity index (χ0) is 43.7. The van der Waals surface area contributed by atoms with Crippen molar-refractivity contribution in [3.63, 3.8) is 0 Å². The minimum absolute atomic E-state index is 0. The first-order chi connectivity index (χ1) is 25.1. The zero-order valence-corrected chi connectivity index (χ0v) is 44.0. The van der Waals surface area contributed by atoms with Gasteiger partial charge in [-0.2, -0.15) is 0 Å². The number of alkyl halides is 1. The van der Waals surface area contributed by atoms with Gasteiger partial charge in [0.2, 0.25) is 10.0 Å². The zero-order valence-electron chi connectivity index (χ0n) is 36.7. The number of morpholine rings is 1. The molecule has 3 heterocycles. The summed E-state index contributed by atoms with van der Waals surface area (Å²) < 4.78 is 42.1. The number of nitrogens with one attached hydrogen (secondary N) is 2. The molecule has 3 aliphatic rings. The van der Waals surface area contributed by atoms with E-state index in [1.54, 1.807) is 13.8 Å². The largest absolute Gasteiger partial charge is 0.389 e. The summed E-state index contributed by atoms with van der Waals surface area (Å²) >= 11 is 6.65. The van der Waals surface area contributed by atoms with Crippen molar-refractivity contribution in [1.29, 1.82) is 0 Å². The van der Waals surface area contributed by atoms with Gasteiger partial charge >= 0.3 is 0 Å². The van der Waals surface area contributed by atoms with E-state index in [1.807, 2.05) is 39.0 Å². The number of sulfonamides is 1. The maximum atomic E-state index is 11.0. The third-order valence-electron chi connectivity index (χ3n) is 8.38. The molecule has 13 heteroatoms. The van der Waals surface area contributed by atoms with Crippen LogP contribution < -0.4 is 15.8 Å². The molecule has 0 amide bonds. The van der Waals surface area contributed by atoms with Crippen molar-refractivity contribution < 1.29 is 27.7 Å². The molecule has 58 heavy (non-hydrogen) atoms. The molecule has 350 valence electrons. The van der Waals surface area contributed by atoms with Gasteiger partial charge in [-0.25, -0.2) is 13.1 Å². The molecule has 0 spiro atoms. The smallest absolute Gasteiger partial charge is 0.208 e. The number of allylic oxidation sites excluding steroid dienone is 2. The van der Waals surface area contributed by atoms with E-state index in [1.165, 1.54) is 18.4 Å². The summed E-state index contributed by atoms with van der Waals surface area (Å²) in [6, 6.07) is 10.7. The second-order valence-electron chi connectivity index (χ2n) is 17.2. The van der Waals surface area contributed by atoms with E-state index in [0.717, 1.165) is 36.2 Å². The molecule has 0 radical (unpaired) electrons. The van der Waals surface area contributed by atoms with Crippen LogP contribution in [0.1, 0.15) is 131 Å². The lowest BCUT2D eigenvalue weighted by atomic mass is 9.88. The van der Waals surface area contributed by atoms with Gasteiger partial charge in [0.15, 0.2) is 0 Å². The fourth-order valence-electron chi connectivity index (χ4n) is 4.29. The van der Waals surface area contributed by atoms with Gasteiger partial charge in [-0.3, -0.25) is 0 Å². The van der Waals surface area contributed by atoms with Crippen LogP contribution in [0.5, 0.6) is 0 Å². The van der Waals surface area contributed by atoms with Crippen LogP contribution in [0.15, 0.2) is 55.6 Å². The number of epoxide rings is 1. The summed E-state index contributed by atoms with van der Waals surface area (Å²) in [7, 11) is -3.14. The summed E-state index contributed by atoms with van der Waals surface area (Å²) in [5.41, 5.74) is 5.90. The molecule has 0 aromatic heterocycles. The first-order valence-corrected chi connectivity index (χ1v) is 28.9. The lowest BCUT2D eigenvalue weighted by Gasteiger charge is -2.40. The molecule has 3 aliphatic heterocycles. The molecule has 3 fully saturated rings. The normalized spacial score (nSPS) is 22.2. The third kappa shape index (κ3) is 44.6. The Morgan fingerprint density at radius 2 is 1.38 bits per heavy atom. The highest BCUT2D eigenvalue weighted by atomic mass is 128. The van der Waals surface area contributed by atoms with Crippen LogP contribution in [-0.4, -0.2) is 91.1 Å². The van der Waals surface area contributed by atoms with Gasteiger partial charge in [0.25, 0.3) is 0 Å². The molecule has 0 aliphatic carbocycles. The van der Waals surface area contributed by atoms with Crippen LogP contribution in [0.3, 0.4) is 0 Å². The number of hydrogen-bond acceptors (Lipinski definition) is 8. The Hall–Kier alpha value is 0.560. The van der Waals surface area contributed by atoms with Crippen molar-refractivity contribution in [1.82, 2.24) is 10.0 Å². The summed E-state index contributed by atoms with van der Waals surface area (Å²) in [5, 5.41) is 12.0. The lowest BCUT2D eigenvalue weighted by molar-refractivity contribution is -0.118. The van der Waals surface area contributed by atoms with E-state index in [-0.39, 0.29) is 51.2 Å². The van der Waals surface area contributed by atoms with Crippen LogP contribution in [0.4, 0.5) is 0 Å². The summed E-state index contributed by atoms with van der Waals surface area (Å²) in [6.45, 7) is 36.2. The minimum Gasteiger partial charge on any atom is -0.389 e. The molecule has 9 nitrogen and oxygen atoms in total. The van der Waals surface area contributed by atoms with Crippen LogP contribution in [0, 0.1) is 17.8 Å². The average Bonchev–Trinajstić information content (AvgIpc) is 3.81. The molecular formula is C45H92I3N3O6S. The number of rotatable bonds is 9. The van der Waals surface area contributed by atoms with Crippen LogP contribution in [-0.2, 0) is 30.7 Å². The molecule has 5 N–H and O–H groups in total. The Labute approximate surface area is 397 Å². The SMILES string of the molecule is C.C.C.C=CC(C)C.C=CC(C)Cc1ccccc1.CC(C)(O)CN.CC1(C)CO1.CC1CCC(C)(C)OC1CI.CC1NCC(C)(C)OC1CNS(C)(=O)=O.II. The van der Waals surface area contributed by atoms with Crippen molar-refractivity contribution in [3.8, 4) is 0 Å². The Balaban J connectivity index is -0.000000143. The highest BCUT2D eigenvalue weighted by molar-refractivity contribution is 15.0. The van der Waals surface area contributed by atoms with Crippen molar-refractivity contribution in [2.75, 3.05) is 36.9 Å². The maximum Gasteiger partial charge on any atom is 0.208 e. The van der Waals surface area contributed by atoms with Crippen LogP contribution in [0.2, 0.25) is 0 Å². The highest BCUT2D eigenvalue weighted by Gasteiger charge is 2.34. The Morgan fingerprint density at radius 3 is 1.71 bits per heavy atom. The molecule has 3 saturated heterocycles. The van der Waals surface area contributed by atoms with Gasteiger partial charge in [-0.15, -0.1) is 13.2 Å². The van der Waals surface area contributed by atoms with E-state index in [9.17, 15) is 8.42 Å². The topological polar surface area (TPSA) is 135 Å². The average molecular weight is 1180 g/mol. The number of aliphatic hydroxyl groups is 1. The molecule has 1 aromatic carbocycles. The molecule has 0 saturated carbocycles. The van der Waals surface area contributed by atoms with E-state index in [4.69, 9.17) is 25.1 Å². The number of ether oxygens (including phenoxy) is 3. The van der Waals surface area contributed by atoms with Gasteiger partial charge in [-0.1, -0.05) is 115 Å². The molecule has 5 atom stereocenters. The quantitative estimate of drug-likeness (QED) is 0.0831. The van der Waals surface area contributed by atoms with Gasteiger partial charge < -0.3 is 30.4 Å². The number of hydrogen-bond donors (Lipinski definition) is 4. The second kappa shape index (κ2) is 36.0. The van der Waals surface area contributed by atoms with E-state index >= 15 is 0 Å². The fourth-order valence-corrected chi connectivity index (χ4v) is 5.80. The predicted molar refractivity (Wildman–Crippen MR) is 284 cm³/mol. The Morgan fingerprint density at radius 1 is 0.948 bits per heavy atom. The minimum atomic E-state index is -3.14. The number of benzene rings is 1. The monoisotopic (exact) mass is 1180 g/mol. The van der Waals surface area contributed by atoms with Crippen molar-refractivity contribution >= 4 is 69.8 Å². The van der Waals surface area contributed by atoms with Crippen LogP contribution >= 0.6 is 59.8 Å². The van der Waals surface area contributed by atoms with Crippen molar-refractivity contribution in [2.24, 2.45) is 23.5 Å². The van der Waals surface area contributed by atoms with Gasteiger partial charge in [-0.05, 0) is 105 Å². The van der Waals surface area contributed by atoms with Gasteiger partial charge in [0.1, 0.15) is 0 Å². The van der Waals surface area contributed by atoms with Crippen molar-refractivity contribution in [2.45, 2.75) is 172 Å². The summed E-state index contributed by atoms with van der Waals surface area (Å²) in [4.78, 5) is 0. The summed E-state index contributed by atoms with van der Waals surface area (Å²) in [6.07, 6.45) is 9.06. The fraction of sp³-hybridized carbons (Fsp3) is 0.778. The molecular weight excluding hydrogens is 1090 g/mol. The second-order valence-corrected chi connectivity index (χ2v) is 20.0. The van der Waals surface area contributed by atoms with Crippen molar-refractivity contribution in [3.05, 3.63) is 61.2 Å². The first kappa shape index (κ1) is 70.2. The van der Waals surface area contributed by atoms with E-state index in [0.29, 0.717) is 31.0 Å². The molecule has 1 aromatic rings. The highest BCUT2D eigenvalue weighted by Crippen LogP contribution is 2.32.